The van der Waals surface area contributed by atoms with Crippen molar-refractivity contribution < 1.29 is 4.42 Å². The van der Waals surface area contributed by atoms with Crippen molar-refractivity contribution in [1.82, 2.24) is 14.9 Å². The monoisotopic (exact) mass is 398 g/mol. The Bertz CT molecular complexity index is 870. The molecule has 0 unspecified atom stereocenters. The first-order valence-corrected chi connectivity index (χ1v) is 8.04. The zero-order valence-electron chi connectivity index (χ0n) is 11.6. The van der Waals surface area contributed by atoms with Crippen LogP contribution >= 0.6 is 39.7 Å². The van der Waals surface area contributed by atoms with Gasteiger partial charge in [-0.05, 0) is 49.5 Å². The van der Waals surface area contributed by atoms with Crippen molar-refractivity contribution in [2.24, 2.45) is 0 Å². The molecule has 0 saturated heterocycles. The summed E-state index contributed by atoms with van der Waals surface area (Å²) in [6.07, 6.45) is 0. The minimum atomic E-state index is 0.489. The molecule has 1 aromatic carbocycles. The van der Waals surface area contributed by atoms with Gasteiger partial charge in [-0.2, -0.15) is 5.10 Å². The molecule has 0 aliphatic carbocycles. The zero-order valence-corrected chi connectivity index (χ0v) is 14.7. The van der Waals surface area contributed by atoms with Gasteiger partial charge in [-0.15, -0.1) is 0 Å². The van der Waals surface area contributed by atoms with Crippen molar-refractivity contribution in [2.75, 3.05) is 5.43 Å². The van der Waals surface area contributed by atoms with Crippen LogP contribution in [0.3, 0.4) is 0 Å². The lowest BCUT2D eigenvalue weighted by Gasteiger charge is -2.06. The fraction of sp³-hybridized carbons (Fsp3) is 0.143. The van der Waals surface area contributed by atoms with Crippen LogP contribution in [-0.2, 0) is 6.54 Å². The number of rotatable bonds is 4. The summed E-state index contributed by atoms with van der Waals surface area (Å²) in [7, 11) is 0. The molecule has 5 nitrogen and oxygen atoms in total. The highest BCUT2D eigenvalue weighted by Gasteiger charge is 2.09. The molecule has 0 radical (unpaired) electrons. The highest BCUT2D eigenvalue weighted by molar-refractivity contribution is 9.10. The Labute approximate surface area is 145 Å². The summed E-state index contributed by atoms with van der Waals surface area (Å²) in [5.74, 6) is 2.26. The van der Waals surface area contributed by atoms with Crippen molar-refractivity contribution in [1.29, 1.82) is 0 Å². The number of aromatic amines is 1. The van der Waals surface area contributed by atoms with Crippen LogP contribution in [0.4, 0.5) is 0 Å². The van der Waals surface area contributed by atoms with Gasteiger partial charge in [0, 0.05) is 10.0 Å². The molecule has 0 amide bonds. The molecular formula is C14H12BrClN4OS. The third-order valence-electron chi connectivity index (χ3n) is 3.11. The fourth-order valence-electron chi connectivity index (χ4n) is 2.03. The Balaban J connectivity index is 1.78. The number of nitrogens with zero attached hydrogens (tertiary/aromatic N) is 2. The van der Waals surface area contributed by atoms with E-state index in [1.54, 1.807) is 4.68 Å². The zero-order chi connectivity index (χ0) is 15.7. The van der Waals surface area contributed by atoms with Gasteiger partial charge in [0.15, 0.2) is 0 Å². The van der Waals surface area contributed by atoms with Crippen molar-refractivity contribution in [2.45, 2.75) is 13.5 Å². The van der Waals surface area contributed by atoms with E-state index in [0.29, 0.717) is 16.3 Å². The SMILES string of the molecule is Cc1n[nH]c(=S)n1NCc1ccc(-c2ccc(Br)cc2Cl)o1. The maximum Gasteiger partial charge on any atom is 0.214 e. The first-order valence-electron chi connectivity index (χ1n) is 6.46. The van der Waals surface area contributed by atoms with Gasteiger partial charge in [0.05, 0.1) is 11.6 Å². The number of H-pyrrole nitrogens is 1. The Hall–Kier alpha value is -1.57. The van der Waals surface area contributed by atoms with Crippen molar-refractivity contribution >= 4 is 39.7 Å². The first-order chi connectivity index (χ1) is 10.5. The smallest absolute Gasteiger partial charge is 0.214 e. The fourth-order valence-corrected chi connectivity index (χ4v) is 3.03. The molecule has 2 heterocycles. The maximum absolute atomic E-state index is 6.24. The minimum absolute atomic E-state index is 0.489. The van der Waals surface area contributed by atoms with Gasteiger partial charge in [0.1, 0.15) is 17.3 Å². The standard InChI is InChI=1S/C14H12BrClN4OS/c1-8-18-19-14(22)20(8)17-7-10-3-5-13(21-10)11-4-2-9(15)6-12(11)16/h2-6,17H,7H2,1H3,(H,19,22). The number of halogens is 2. The lowest BCUT2D eigenvalue weighted by atomic mass is 10.2. The van der Waals surface area contributed by atoms with Gasteiger partial charge in [-0.25, -0.2) is 4.68 Å². The number of aryl methyl sites for hydroxylation is 1. The summed E-state index contributed by atoms with van der Waals surface area (Å²) < 4.78 is 8.97. The van der Waals surface area contributed by atoms with Gasteiger partial charge in [-0.3, -0.25) is 5.10 Å². The van der Waals surface area contributed by atoms with Crippen LogP contribution in [0.25, 0.3) is 11.3 Å². The molecule has 0 bridgehead atoms. The Morgan fingerprint density at radius 2 is 2.23 bits per heavy atom. The van der Waals surface area contributed by atoms with Crippen LogP contribution in [0.5, 0.6) is 0 Å². The van der Waals surface area contributed by atoms with Gasteiger partial charge in [0.25, 0.3) is 0 Å². The number of aromatic nitrogens is 3. The lowest BCUT2D eigenvalue weighted by Crippen LogP contribution is -2.15. The molecule has 0 aliphatic heterocycles. The van der Waals surface area contributed by atoms with Crippen LogP contribution < -0.4 is 5.43 Å². The molecule has 0 saturated carbocycles. The highest BCUT2D eigenvalue weighted by atomic mass is 79.9. The Kier molecular flexibility index (Phi) is 4.37. The van der Waals surface area contributed by atoms with E-state index in [9.17, 15) is 0 Å². The van der Waals surface area contributed by atoms with E-state index in [1.807, 2.05) is 37.3 Å². The molecule has 3 aromatic rings. The van der Waals surface area contributed by atoms with E-state index in [-0.39, 0.29) is 0 Å². The molecule has 0 aliphatic rings. The average molecular weight is 400 g/mol. The molecule has 0 fully saturated rings. The molecule has 2 N–H and O–H groups in total. The number of hydrogen-bond donors (Lipinski definition) is 2. The molecule has 0 atom stereocenters. The van der Waals surface area contributed by atoms with E-state index < -0.39 is 0 Å². The summed E-state index contributed by atoms with van der Waals surface area (Å²) >= 11 is 14.8. The predicted octanol–water partition coefficient (Wildman–Crippen LogP) is 4.67. The number of benzene rings is 1. The van der Waals surface area contributed by atoms with E-state index in [2.05, 4.69) is 31.6 Å². The second kappa shape index (κ2) is 6.28. The van der Waals surface area contributed by atoms with Crippen LogP contribution in [-0.4, -0.2) is 14.9 Å². The lowest BCUT2D eigenvalue weighted by molar-refractivity contribution is 0.521. The summed E-state index contributed by atoms with van der Waals surface area (Å²) in [5.41, 5.74) is 4.00. The van der Waals surface area contributed by atoms with Gasteiger partial charge < -0.3 is 9.84 Å². The second-order valence-electron chi connectivity index (χ2n) is 4.64. The third kappa shape index (κ3) is 3.11. The molecular weight excluding hydrogens is 388 g/mol. The quantitative estimate of drug-likeness (QED) is 0.626. The van der Waals surface area contributed by atoms with Gasteiger partial charge >= 0.3 is 0 Å². The van der Waals surface area contributed by atoms with E-state index >= 15 is 0 Å². The number of furan rings is 1. The molecule has 22 heavy (non-hydrogen) atoms. The summed E-state index contributed by atoms with van der Waals surface area (Å²) in [6.45, 7) is 2.34. The predicted molar refractivity (Wildman–Crippen MR) is 92.1 cm³/mol. The van der Waals surface area contributed by atoms with Crippen molar-refractivity contribution in [3.63, 3.8) is 0 Å². The molecule has 114 valence electrons. The van der Waals surface area contributed by atoms with Gasteiger partial charge in [0.2, 0.25) is 4.77 Å². The topological polar surface area (TPSA) is 58.8 Å². The highest BCUT2D eigenvalue weighted by Crippen LogP contribution is 2.31. The Morgan fingerprint density at radius 3 is 2.91 bits per heavy atom. The van der Waals surface area contributed by atoms with Crippen LogP contribution in [0.2, 0.25) is 5.02 Å². The number of hydrogen-bond acceptors (Lipinski definition) is 4. The van der Waals surface area contributed by atoms with Gasteiger partial charge in [-0.1, -0.05) is 27.5 Å². The molecule has 8 heteroatoms. The van der Waals surface area contributed by atoms with Crippen LogP contribution in [0, 0.1) is 11.7 Å². The van der Waals surface area contributed by atoms with Crippen molar-refractivity contribution in [3.05, 3.63) is 56.2 Å². The van der Waals surface area contributed by atoms with Crippen LogP contribution in [0.1, 0.15) is 11.6 Å². The van der Waals surface area contributed by atoms with E-state index in [0.717, 1.165) is 27.4 Å². The Morgan fingerprint density at radius 1 is 1.41 bits per heavy atom. The molecule has 0 spiro atoms. The second-order valence-corrected chi connectivity index (χ2v) is 6.35. The summed E-state index contributed by atoms with van der Waals surface area (Å²) in [5, 5.41) is 7.38. The third-order valence-corrected chi connectivity index (χ3v) is 4.19. The summed E-state index contributed by atoms with van der Waals surface area (Å²) in [6, 6.07) is 9.48. The van der Waals surface area contributed by atoms with Crippen molar-refractivity contribution in [3.8, 4) is 11.3 Å². The normalized spacial score (nSPS) is 10.9. The van der Waals surface area contributed by atoms with E-state index in [1.165, 1.54) is 0 Å². The first kappa shape index (κ1) is 15.3. The average Bonchev–Trinajstić information content (AvgIpc) is 3.05. The van der Waals surface area contributed by atoms with E-state index in [4.69, 9.17) is 28.2 Å². The minimum Gasteiger partial charge on any atom is -0.459 e. The number of nitrogens with one attached hydrogen (secondary N) is 2. The maximum atomic E-state index is 6.24. The molecule has 2 aromatic heterocycles. The largest absolute Gasteiger partial charge is 0.459 e. The molecule has 3 rings (SSSR count). The van der Waals surface area contributed by atoms with Crippen LogP contribution in [0.15, 0.2) is 39.2 Å². The summed E-state index contributed by atoms with van der Waals surface area (Å²) in [4.78, 5) is 0.